The number of halogens is 1. The molecule has 0 fully saturated rings. The zero-order valence-corrected chi connectivity index (χ0v) is 20.3. The first-order valence-corrected chi connectivity index (χ1v) is 9.11. The number of guanidine groups is 1. The highest BCUT2D eigenvalue weighted by molar-refractivity contribution is 14.0. The van der Waals surface area contributed by atoms with Crippen molar-refractivity contribution in [3.05, 3.63) is 64.2 Å². The van der Waals surface area contributed by atoms with E-state index in [-0.39, 0.29) is 29.7 Å². The van der Waals surface area contributed by atoms with E-state index in [1.807, 2.05) is 6.92 Å². The van der Waals surface area contributed by atoms with Crippen molar-refractivity contribution < 1.29 is 19.1 Å². The number of nitrogens with zero attached hydrogens (tertiary/aromatic N) is 2. The molecule has 0 unspecified atom stereocenters. The van der Waals surface area contributed by atoms with E-state index in [1.165, 1.54) is 12.1 Å². The maximum absolute atomic E-state index is 10.8. The van der Waals surface area contributed by atoms with Gasteiger partial charge in [0.2, 0.25) is 5.75 Å². The fourth-order valence-electron chi connectivity index (χ4n) is 2.56. The second-order valence-corrected chi connectivity index (χ2v) is 6.44. The number of hydrogen-bond acceptors (Lipinski definition) is 6. The molecule has 0 aliphatic rings. The van der Waals surface area contributed by atoms with Crippen molar-refractivity contribution in [1.82, 2.24) is 5.32 Å². The minimum atomic E-state index is -0.432. The minimum Gasteiger partial charge on any atom is -0.493 e. The normalized spacial score (nSPS) is 10.5. The predicted octanol–water partition coefficient (Wildman–Crippen LogP) is 4.37. The third-order valence-corrected chi connectivity index (χ3v) is 4.05. The van der Waals surface area contributed by atoms with Gasteiger partial charge in [-0.1, -0.05) is 24.3 Å². The van der Waals surface area contributed by atoms with Crippen LogP contribution in [0.2, 0.25) is 0 Å². The van der Waals surface area contributed by atoms with Gasteiger partial charge < -0.3 is 24.8 Å². The Labute approximate surface area is 198 Å². The molecule has 2 N–H and O–H groups in total. The second-order valence-electron chi connectivity index (χ2n) is 6.44. The summed E-state index contributed by atoms with van der Waals surface area (Å²) in [5.41, 5.74) is 2.49. The van der Waals surface area contributed by atoms with Gasteiger partial charge in [0, 0.05) is 36.5 Å². The molecule has 9 nitrogen and oxygen atoms in total. The van der Waals surface area contributed by atoms with E-state index in [4.69, 9.17) is 14.2 Å². The van der Waals surface area contributed by atoms with Crippen LogP contribution in [0.1, 0.15) is 12.5 Å². The molecule has 0 amide bonds. The fraction of sp³-hybridized carbons (Fsp3) is 0.286. The van der Waals surface area contributed by atoms with E-state index in [0.29, 0.717) is 42.0 Å². The van der Waals surface area contributed by atoms with Crippen LogP contribution < -0.4 is 24.8 Å². The van der Waals surface area contributed by atoms with Crippen LogP contribution in [-0.2, 0) is 6.54 Å². The van der Waals surface area contributed by atoms with Crippen LogP contribution in [0.5, 0.6) is 17.2 Å². The van der Waals surface area contributed by atoms with Crippen molar-refractivity contribution in [2.24, 2.45) is 4.99 Å². The molecule has 0 spiro atoms. The lowest BCUT2D eigenvalue weighted by atomic mass is 10.2. The Morgan fingerprint density at radius 3 is 2.13 bits per heavy atom. The molecule has 0 aliphatic carbocycles. The Balaban J connectivity index is 0.00000480. The Kier molecular flexibility index (Phi) is 10.6. The first-order valence-electron chi connectivity index (χ1n) is 9.11. The molecule has 0 radical (unpaired) electrons. The molecule has 0 aromatic heterocycles. The summed E-state index contributed by atoms with van der Waals surface area (Å²) in [6, 6.07) is 9.81. The maximum atomic E-state index is 10.8. The van der Waals surface area contributed by atoms with Crippen molar-refractivity contribution in [2.75, 3.05) is 33.2 Å². The van der Waals surface area contributed by atoms with E-state index < -0.39 is 4.92 Å². The minimum absolute atomic E-state index is 0. The summed E-state index contributed by atoms with van der Waals surface area (Å²) in [4.78, 5) is 14.9. The molecule has 0 saturated heterocycles. The van der Waals surface area contributed by atoms with E-state index >= 15 is 0 Å². The van der Waals surface area contributed by atoms with Crippen molar-refractivity contribution in [3.63, 3.8) is 0 Å². The summed E-state index contributed by atoms with van der Waals surface area (Å²) < 4.78 is 16.1. The van der Waals surface area contributed by atoms with Crippen LogP contribution in [0.4, 0.5) is 11.4 Å². The zero-order valence-electron chi connectivity index (χ0n) is 17.9. The summed E-state index contributed by atoms with van der Waals surface area (Å²) in [6.07, 6.45) is 0. The number of benzene rings is 2. The fourth-order valence-corrected chi connectivity index (χ4v) is 2.56. The van der Waals surface area contributed by atoms with Crippen molar-refractivity contribution in [2.45, 2.75) is 13.5 Å². The summed E-state index contributed by atoms with van der Waals surface area (Å²) in [5.74, 6) is 2.01. The molecule has 0 heterocycles. The number of nitro benzene ring substituents is 1. The van der Waals surface area contributed by atoms with Gasteiger partial charge in [-0.15, -0.1) is 24.0 Å². The number of anilines is 1. The first-order chi connectivity index (χ1) is 14.4. The number of rotatable bonds is 9. The summed E-state index contributed by atoms with van der Waals surface area (Å²) in [6.45, 7) is 6.65. The smallest absolute Gasteiger partial charge is 0.269 e. The standard InChI is InChI=1S/C21H26N4O5.HI/c1-14(2)12-22-21(23-13-15-6-8-17(9-7-15)25(26)27)24-16-10-18(28-3)20(30-5)19(11-16)29-4;/h6-11H,1,12-13H2,2-5H3,(H2,22,23,24);1H. The number of nitrogens with one attached hydrogen (secondary N) is 2. The highest BCUT2D eigenvalue weighted by atomic mass is 127. The highest BCUT2D eigenvalue weighted by Crippen LogP contribution is 2.39. The Bertz CT molecular complexity index is 907. The number of ether oxygens (including phenoxy) is 3. The number of hydrogen-bond donors (Lipinski definition) is 2. The molecule has 31 heavy (non-hydrogen) atoms. The number of aliphatic imine (C=N–C) groups is 1. The lowest BCUT2D eigenvalue weighted by Gasteiger charge is -2.17. The second kappa shape index (κ2) is 12.6. The van der Waals surface area contributed by atoms with Gasteiger partial charge in [-0.05, 0) is 12.5 Å². The van der Waals surface area contributed by atoms with Gasteiger partial charge in [0.1, 0.15) is 0 Å². The topological polar surface area (TPSA) is 107 Å². The molecule has 2 aromatic rings. The molecule has 0 bridgehead atoms. The van der Waals surface area contributed by atoms with Gasteiger partial charge in [0.15, 0.2) is 17.5 Å². The largest absolute Gasteiger partial charge is 0.493 e. The van der Waals surface area contributed by atoms with Crippen molar-refractivity contribution in [3.8, 4) is 17.2 Å². The number of nitro groups is 1. The van der Waals surface area contributed by atoms with Gasteiger partial charge in [-0.3, -0.25) is 10.1 Å². The van der Waals surface area contributed by atoms with E-state index in [9.17, 15) is 10.1 Å². The van der Waals surface area contributed by atoms with Gasteiger partial charge in [0.25, 0.3) is 5.69 Å². The van der Waals surface area contributed by atoms with Crippen LogP contribution in [0.25, 0.3) is 0 Å². The van der Waals surface area contributed by atoms with Gasteiger partial charge in [-0.25, -0.2) is 4.99 Å². The Hall–Kier alpha value is -3.02. The van der Waals surface area contributed by atoms with Crippen molar-refractivity contribution >= 4 is 41.3 Å². The summed E-state index contributed by atoms with van der Waals surface area (Å²) in [7, 11) is 4.63. The zero-order chi connectivity index (χ0) is 22.1. The summed E-state index contributed by atoms with van der Waals surface area (Å²) >= 11 is 0. The summed E-state index contributed by atoms with van der Waals surface area (Å²) in [5, 5.41) is 17.2. The molecular weight excluding hydrogens is 515 g/mol. The van der Waals surface area contributed by atoms with Crippen LogP contribution in [0.15, 0.2) is 53.5 Å². The third-order valence-electron chi connectivity index (χ3n) is 4.05. The lowest BCUT2D eigenvalue weighted by molar-refractivity contribution is -0.384. The van der Waals surface area contributed by atoms with E-state index in [0.717, 1.165) is 11.1 Å². The van der Waals surface area contributed by atoms with E-state index in [2.05, 4.69) is 22.2 Å². The van der Waals surface area contributed by atoms with Crippen LogP contribution in [0, 0.1) is 10.1 Å². The molecule has 168 valence electrons. The molecule has 10 heteroatoms. The molecule has 0 aliphatic heterocycles. The SMILES string of the molecule is C=C(C)CNC(=NCc1ccc([N+](=O)[O-])cc1)Nc1cc(OC)c(OC)c(OC)c1.I. The van der Waals surface area contributed by atoms with Crippen LogP contribution in [-0.4, -0.2) is 38.8 Å². The average molecular weight is 542 g/mol. The molecular formula is C21H27IN4O5. The third kappa shape index (κ3) is 7.63. The Morgan fingerprint density at radius 1 is 1.10 bits per heavy atom. The van der Waals surface area contributed by atoms with Crippen molar-refractivity contribution in [1.29, 1.82) is 0 Å². The highest BCUT2D eigenvalue weighted by Gasteiger charge is 2.14. The molecule has 2 aromatic carbocycles. The number of non-ortho nitro benzene ring substituents is 1. The molecule has 2 rings (SSSR count). The van der Waals surface area contributed by atoms with Crippen LogP contribution >= 0.6 is 24.0 Å². The van der Waals surface area contributed by atoms with E-state index in [1.54, 1.807) is 45.6 Å². The van der Waals surface area contributed by atoms with Gasteiger partial charge in [0.05, 0.1) is 32.8 Å². The average Bonchev–Trinajstić information content (AvgIpc) is 2.74. The quantitative estimate of drug-likeness (QED) is 0.121. The first kappa shape index (κ1) is 26.0. The Morgan fingerprint density at radius 2 is 1.68 bits per heavy atom. The van der Waals surface area contributed by atoms with Gasteiger partial charge >= 0.3 is 0 Å². The number of methoxy groups -OCH3 is 3. The predicted molar refractivity (Wildman–Crippen MR) is 132 cm³/mol. The van der Waals surface area contributed by atoms with Crippen LogP contribution in [0.3, 0.4) is 0 Å². The molecule has 0 atom stereocenters. The monoisotopic (exact) mass is 542 g/mol. The lowest BCUT2D eigenvalue weighted by Crippen LogP contribution is -2.32. The van der Waals surface area contributed by atoms with Gasteiger partial charge in [-0.2, -0.15) is 0 Å². The maximum Gasteiger partial charge on any atom is 0.269 e. The molecule has 0 saturated carbocycles.